The molecule has 1 heterocycles. The van der Waals surface area contributed by atoms with Crippen LogP contribution in [0.15, 0.2) is 126 Å². The summed E-state index contributed by atoms with van der Waals surface area (Å²) in [5.41, 5.74) is 5.58. The largest absolute Gasteiger partial charge is 0.377 e. The smallest absolute Gasteiger partial charge is 0.253 e. The maximum Gasteiger partial charge on any atom is 0.253 e. The number of hydrazone groups is 1. The molecule has 8 heteroatoms. The molecule has 0 aliphatic carbocycles. The Kier molecular flexibility index (Phi) is 7.73. The van der Waals surface area contributed by atoms with Crippen LogP contribution < -0.4 is 10.7 Å². The summed E-state index contributed by atoms with van der Waals surface area (Å²) in [6.07, 6.45) is 1.68. The standard InChI is InChI=1S/C33H28N6OS/c1-23(32(40)37-35-21-26-15-9-13-24-11-5-7-18-28(24)26)41-33-38-36-31(39(33)27-16-3-2-4-17-27)22-34-30-20-10-14-25-12-6-8-19-29(25)30/h2-21,23,34H,22H2,1H3,(H,37,40). The number of carbonyl (C=O) groups is 1. The highest BCUT2D eigenvalue weighted by molar-refractivity contribution is 8.00. The van der Waals surface area contributed by atoms with Crippen molar-refractivity contribution >= 4 is 51.1 Å². The fraction of sp³-hybridized carbons (Fsp3) is 0.0909. The van der Waals surface area contributed by atoms with Crippen molar-refractivity contribution < 1.29 is 4.79 Å². The van der Waals surface area contributed by atoms with Gasteiger partial charge in [-0.15, -0.1) is 10.2 Å². The molecular weight excluding hydrogens is 528 g/mol. The van der Waals surface area contributed by atoms with Crippen molar-refractivity contribution in [2.24, 2.45) is 5.10 Å². The van der Waals surface area contributed by atoms with Crippen molar-refractivity contribution in [1.82, 2.24) is 20.2 Å². The predicted molar refractivity (Wildman–Crippen MR) is 168 cm³/mol. The second-order valence-corrected chi connectivity index (χ2v) is 10.8. The summed E-state index contributed by atoms with van der Waals surface area (Å²) in [7, 11) is 0. The van der Waals surface area contributed by atoms with E-state index in [0.29, 0.717) is 11.7 Å². The van der Waals surface area contributed by atoms with Crippen molar-refractivity contribution in [2.75, 3.05) is 5.32 Å². The maximum absolute atomic E-state index is 13.0. The molecule has 0 aliphatic rings. The molecule has 0 bridgehead atoms. The van der Waals surface area contributed by atoms with Gasteiger partial charge in [0.05, 0.1) is 18.0 Å². The highest BCUT2D eigenvalue weighted by Gasteiger charge is 2.21. The van der Waals surface area contributed by atoms with Crippen molar-refractivity contribution in [3.8, 4) is 5.69 Å². The summed E-state index contributed by atoms with van der Waals surface area (Å²) in [4.78, 5) is 13.0. The molecule has 0 saturated carbocycles. The fourth-order valence-corrected chi connectivity index (χ4v) is 5.59. The summed E-state index contributed by atoms with van der Waals surface area (Å²) < 4.78 is 1.99. The zero-order valence-electron chi connectivity index (χ0n) is 22.4. The maximum atomic E-state index is 13.0. The van der Waals surface area contributed by atoms with Crippen molar-refractivity contribution in [3.63, 3.8) is 0 Å². The normalized spacial score (nSPS) is 12.1. The first-order chi connectivity index (χ1) is 20.2. The Morgan fingerprint density at radius 2 is 1.49 bits per heavy atom. The van der Waals surface area contributed by atoms with Crippen LogP contribution in [0.2, 0.25) is 0 Å². The molecule has 1 aromatic heterocycles. The monoisotopic (exact) mass is 556 g/mol. The summed E-state index contributed by atoms with van der Waals surface area (Å²) >= 11 is 1.34. The van der Waals surface area contributed by atoms with Crippen LogP contribution in [-0.2, 0) is 11.3 Å². The molecule has 0 saturated heterocycles. The zero-order chi connectivity index (χ0) is 28.0. The number of rotatable bonds is 9. The lowest BCUT2D eigenvalue weighted by atomic mass is 10.1. The molecule has 2 N–H and O–H groups in total. The van der Waals surface area contributed by atoms with Crippen LogP contribution in [-0.4, -0.2) is 32.1 Å². The van der Waals surface area contributed by atoms with Gasteiger partial charge in [-0.05, 0) is 41.3 Å². The van der Waals surface area contributed by atoms with Crippen LogP contribution in [0.25, 0.3) is 27.2 Å². The van der Waals surface area contributed by atoms with Crippen LogP contribution in [0.3, 0.4) is 0 Å². The summed E-state index contributed by atoms with van der Waals surface area (Å²) in [5, 5.41) is 21.4. The lowest BCUT2D eigenvalue weighted by Gasteiger charge is -2.14. The van der Waals surface area contributed by atoms with Crippen molar-refractivity contribution in [1.29, 1.82) is 0 Å². The number of amides is 1. The number of benzene rings is 5. The van der Waals surface area contributed by atoms with E-state index in [1.54, 1.807) is 6.21 Å². The molecule has 41 heavy (non-hydrogen) atoms. The van der Waals surface area contributed by atoms with Crippen LogP contribution in [0.4, 0.5) is 5.69 Å². The Labute approximate surface area is 242 Å². The highest BCUT2D eigenvalue weighted by atomic mass is 32.2. The van der Waals surface area contributed by atoms with Gasteiger partial charge in [0.15, 0.2) is 11.0 Å². The van der Waals surface area contributed by atoms with Crippen LogP contribution >= 0.6 is 11.8 Å². The molecule has 7 nitrogen and oxygen atoms in total. The third-order valence-corrected chi connectivity index (χ3v) is 7.84. The van der Waals surface area contributed by atoms with Crippen LogP contribution in [0.1, 0.15) is 18.3 Å². The first-order valence-electron chi connectivity index (χ1n) is 13.4. The molecule has 1 amide bonds. The Balaban J connectivity index is 1.19. The van der Waals surface area contributed by atoms with Gasteiger partial charge >= 0.3 is 0 Å². The molecule has 6 aromatic rings. The van der Waals surface area contributed by atoms with Gasteiger partial charge in [0.2, 0.25) is 0 Å². The number of para-hydroxylation sites is 1. The Hall–Kier alpha value is -4.95. The third-order valence-electron chi connectivity index (χ3n) is 6.79. The molecule has 202 valence electrons. The van der Waals surface area contributed by atoms with E-state index in [2.05, 4.69) is 62.4 Å². The van der Waals surface area contributed by atoms with E-state index in [1.165, 1.54) is 17.1 Å². The van der Waals surface area contributed by atoms with E-state index >= 15 is 0 Å². The lowest BCUT2D eigenvalue weighted by Crippen LogP contribution is -2.27. The van der Waals surface area contributed by atoms with Gasteiger partial charge in [-0.1, -0.05) is 109 Å². The number of anilines is 1. The average molecular weight is 557 g/mol. The minimum atomic E-state index is -0.454. The van der Waals surface area contributed by atoms with E-state index in [9.17, 15) is 4.79 Å². The topological polar surface area (TPSA) is 84.2 Å². The molecule has 0 fully saturated rings. The molecule has 6 rings (SSSR count). The first-order valence-corrected chi connectivity index (χ1v) is 14.2. The second kappa shape index (κ2) is 12.1. The Morgan fingerprint density at radius 1 is 0.829 bits per heavy atom. The predicted octanol–water partition coefficient (Wildman–Crippen LogP) is 6.82. The molecule has 1 atom stereocenters. The number of nitrogens with one attached hydrogen (secondary N) is 2. The van der Waals surface area contributed by atoms with Crippen LogP contribution in [0, 0.1) is 0 Å². The van der Waals surface area contributed by atoms with E-state index in [0.717, 1.165) is 38.9 Å². The van der Waals surface area contributed by atoms with E-state index in [1.807, 2.05) is 90.4 Å². The molecule has 0 aliphatic heterocycles. The Morgan fingerprint density at radius 3 is 2.29 bits per heavy atom. The lowest BCUT2D eigenvalue weighted by molar-refractivity contribution is -0.120. The van der Waals surface area contributed by atoms with Gasteiger partial charge in [0.25, 0.3) is 5.91 Å². The number of hydrogen-bond donors (Lipinski definition) is 2. The quantitative estimate of drug-likeness (QED) is 0.116. The zero-order valence-corrected chi connectivity index (χ0v) is 23.3. The number of fused-ring (bicyclic) bond motifs is 2. The number of thioether (sulfide) groups is 1. The van der Waals surface area contributed by atoms with Gasteiger partial charge in [-0.25, -0.2) is 5.43 Å². The number of hydrogen-bond acceptors (Lipinski definition) is 6. The number of nitrogens with zero attached hydrogens (tertiary/aromatic N) is 4. The number of aromatic nitrogens is 3. The van der Waals surface area contributed by atoms with Gasteiger partial charge in [0, 0.05) is 22.3 Å². The molecule has 0 spiro atoms. The van der Waals surface area contributed by atoms with Gasteiger partial charge in [0.1, 0.15) is 0 Å². The second-order valence-electron chi connectivity index (χ2n) is 9.51. The molecule has 5 aromatic carbocycles. The minimum absolute atomic E-state index is 0.218. The SMILES string of the molecule is CC(Sc1nnc(CNc2cccc3ccccc23)n1-c1ccccc1)C(=O)NN=Cc1cccc2ccccc12. The summed E-state index contributed by atoms with van der Waals surface area (Å²) in [5.74, 6) is 0.526. The summed E-state index contributed by atoms with van der Waals surface area (Å²) in [6, 6.07) is 38.5. The highest BCUT2D eigenvalue weighted by Crippen LogP contribution is 2.28. The van der Waals surface area contributed by atoms with E-state index in [4.69, 9.17) is 0 Å². The molecule has 1 unspecified atom stereocenters. The first kappa shape index (κ1) is 26.3. The minimum Gasteiger partial charge on any atom is -0.377 e. The van der Waals surface area contributed by atoms with Crippen molar-refractivity contribution in [3.05, 3.63) is 127 Å². The molecular formula is C33H28N6OS. The molecule has 0 radical (unpaired) electrons. The van der Waals surface area contributed by atoms with E-state index < -0.39 is 5.25 Å². The number of carbonyl (C=O) groups excluding carboxylic acids is 1. The summed E-state index contributed by atoms with van der Waals surface area (Å²) in [6.45, 7) is 2.30. The third kappa shape index (κ3) is 5.83. The van der Waals surface area contributed by atoms with Crippen molar-refractivity contribution in [2.45, 2.75) is 23.9 Å². The van der Waals surface area contributed by atoms with Gasteiger partial charge < -0.3 is 5.32 Å². The van der Waals surface area contributed by atoms with Gasteiger partial charge in [-0.3, -0.25) is 9.36 Å². The van der Waals surface area contributed by atoms with Crippen LogP contribution in [0.5, 0.6) is 0 Å². The Bertz CT molecular complexity index is 1840. The average Bonchev–Trinajstić information content (AvgIpc) is 3.42. The van der Waals surface area contributed by atoms with E-state index in [-0.39, 0.29) is 5.91 Å². The van der Waals surface area contributed by atoms with Gasteiger partial charge in [-0.2, -0.15) is 5.10 Å². The fourth-order valence-electron chi connectivity index (χ4n) is 4.71.